The molecule has 0 unspecified atom stereocenters. The van der Waals surface area contributed by atoms with Gasteiger partial charge in [0, 0.05) is 43.4 Å². The van der Waals surface area contributed by atoms with E-state index in [1.807, 2.05) is 18.2 Å². The van der Waals surface area contributed by atoms with Crippen molar-refractivity contribution in [3.8, 4) is 0 Å². The van der Waals surface area contributed by atoms with Crippen molar-refractivity contribution in [2.45, 2.75) is 12.7 Å². The van der Waals surface area contributed by atoms with E-state index < -0.39 is 11.7 Å². The Balaban J connectivity index is 1.49. The van der Waals surface area contributed by atoms with Gasteiger partial charge < -0.3 is 10.2 Å². The third-order valence-corrected chi connectivity index (χ3v) is 5.02. The topological polar surface area (TPSA) is 18.5 Å². The summed E-state index contributed by atoms with van der Waals surface area (Å²) in [6.07, 6.45) is -4.30. The number of halogens is 4. The number of thiocarbonyl (C=S) groups is 1. The molecule has 8 heteroatoms. The highest BCUT2D eigenvalue weighted by Crippen LogP contribution is 2.29. The summed E-state index contributed by atoms with van der Waals surface area (Å²) in [5.41, 5.74) is 1.10. The van der Waals surface area contributed by atoms with Crippen molar-refractivity contribution in [1.82, 2.24) is 9.80 Å². The van der Waals surface area contributed by atoms with Crippen LogP contribution in [0.3, 0.4) is 0 Å². The first kappa shape index (κ1) is 19.9. The van der Waals surface area contributed by atoms with E-state index in [1.165, 1.54) is 0 Å². The van der Waals surface area contributed by atoms with Crippen LogP contribution >= 0.6 is 23.8 Å². The molecular formula is C19H19ClF3N3S. The molecule has 0 aliphatic carbocycles. The van der Waals surface area contributed by atoms with Crippen molar-refractivity contribution in [2.75, 3.05) is 31.5 Å². The fourth-order valence-corrected chi connectivity index (χ4v) is 3.43. The first-order chi connectivity index (χ1) is 12.8. The van der Waals surface area contributed by atoms with Gasteiger partial charge in [0.1, 0.15) is 0 Å². The van der Waals surface area contributed by atoms with Gasteiger partial charge in [-0.2, -0.15) is 13.2 Å². The summed E-state index contributed by atoms with van der Waals surface area (Å²) in [4.78, 5) is 4.29. The maximum Gasteiger partial charge on any atom is 0.416 e. The normalized spacial score (nSPS) is 15.6. The van der Waals surface area contributed by atoms with Crippen molar-refractivity contribution in [2.24, 2.45) is 0 Å². The molecule has 2 aromatic rings. The van der Waals surface area contributed by atoms with Crippen molar-refractivity contribution < 1.29 is 13.2 Å². The maximum atomic E-state index is 12.6. The Kier molecular flexibility index (Phi) is 6.24. The second-order valence-corrected chi connectivity index (χ2v) is 7.22. The van der Waals surface area contributed by atoms with Gasteiger partial charge in [0.25, 0.3) is 0 Å². The summed E-state index contributed by atoms with van der Waals surface area (Å²) >= 11 is 11.4. The molecule has 0 aromatic heterocycles. The standard InChI is InChI=1S/C19H19ClF3N3S/c20-16-2-1-3-17(12-16)24-18(27)26-10-8-25(9-11-26)13-14-4-6-15(7-5-14)19(21,22)23/h1-7,12H,8-11,13H2,(H,24,27). The summed E-state index contributed by atoms with van der Waals surface area (Å²) in [6.45, 7) is 3.72. The maximum absolute atomic E-state index is 12.6. The second-order valence-electron chi connectivity index (χ2n) is 6.40. The predicted octanol–water partition coefficient (Wildman–Crippen LogP) is 4.87. The van der Waals surface area contributed by atoms with E-state index in [9.17, 15) is 13.2 Å². The summed E-state index contributed by atoms with van der Waals surface area (Å²) < 4.78 is 37.9. The molecule has 27 heavy (non-hydrogen) atoms. The molecule has 2 aromatic carbocycles. The van der Waals surface area contributed by atoms with Crippen molar-refractivity contribution in [1.29, 1.82) is 0 Å². The minimum Gasteiger partial charge on any atom is -0.346 e. The zero-order chi connectivity index (χ0) is 19.4. The van der Waals surface area contributed by atoms with Gasteiger partial charge in [0.15, 0.2) is 5.11 Å². The summed E-state index contributed by atoms with van der Waals surface area (Å²) in [5, 5.41) is 4.47. The summed E-state index contributed by atoms with van der Waals surface area (Å²) in [5.74, 6) is 0. The lowest BCUT2D eigenvalue weighted by Gasteiger charge is -2.36. The smallest absolute Gasteiger partial charge is 0.346 e. The van der Waals surface area contributed by atoms with Gasteiger partial charge in [-0.05, 0) is 48.1 Å². The monoisotopic (exact) mass is 413 g/mol. The lowest BCUT2D eigenvalue weighted by Crippen LogP contribution is -2.49. The van der Waals surface area contributed by atoms with Crippen molar-refractivity contribution in [3.63, 3.8) is 0 Å². The van der Waals surface area contributed by atoms with Gasteiger partial charge in [-0.3, -0.25) is 4.90 Å². The largest absolute Gasteiger partial charge is 0.416 e. The third-order valence-electron chi connectivity index (χ3n) is 4.42. The van der Waals surface area contributed by atoms with Gasteiger partial charge >= 0.3 is 6.18 Å². The van der Waals surface area contributed by atoms with E-state index in [4.69, 9.17) is 23.8 Å². The van der Waals surface area contributed by atoms with Crippen molar-refractivity contribution in [3.05, 3.63) is 64.7 Å². The zero-order valence-corrected chi connectivity index (χ0v) is 16.0. The van der Waals surface area contributed by atoms with Crippen LogP contribution in [-0.2, 0) is 12.7 Å². The number of nitrogens with one attached hydrogen (secondary N) is 1. The molecule has 0 bridgehead atoms. The third kappa shape index (κ3) is 5.57. The van der Waals surface area contributed by atoms with Crippen LogP contribution in [0.15, 0.2) is 48.5 Å². The Hall–Kier alpha value is -1.83. The fraction of sp³-hybridized carbons (Fsp3) is 0.316. The molecule has 1 fully saturated rings. The molecule has 0 spiro atoms. The predicted molar refractivity (Wildman–Crippen MR) is 106 cm³/mol. The van der Waals surface area contributed by atoms with E-state index in [0.717, 1.165) is 49.6 Å². The van der Waals surface area contributed by atoms with Gasteiger partial charge in [-0.25, -0.2) is 0 Å². The van der Waals surface area contributed by atoms with E-state index >= 15 is 0 Å². The van der Waals surface area contributed by atoms with Crippen LogP contribution in [0.4, 0.5) is 18.9 Å². The highest BCUT2D eigenvalue weighted by molar-refractivity contribution is 7.80. The highest BCUT2D eigenvalue weighted by Gasteiger charge is 2.30. The molecule has 1 aliphatic heterocycles. The molecule has 1 heterocycles. The lowest BCUT2D eigenvalue weighted by molar-refractivity contribution is -0.137. The molecule has 0 saturated carbocycles. The number of piperazine rings is 1. The fourth-order valence-electron chi connectivity index (χ4n) is 2.94. The Labute approximate surface area is 166 Å². The SMILES string of the molecule is FC(F)(F)c1ccc(CN2CCN(C(=S)Nc3cccc(Cl)c3)CC2)cc1. The minimum absolute atomic E-state index is 0.617. The first-order valence-electron chi connectivity index (χ1n) is 8.51. The number of benzene rings is 2. The molecule has 3 rings (SSSR count). The summed E-state index contributed by atoms with van der Waals surface area (Å²) in [6, 6.07) is 12.7. The van der Waals surface area contributed by atoms with E-state index in [-0.39, 0.29) is 0 Å². The van der Waals surface area contributed by atoms with Crippen LogP contribution < -0.4 is 5.32 Å². The molecule has 1 N–H and O–H groups in total. The average Bonchev–Trinajstić information content (AvgIpc) is 2.62. The lowest BCUT2D eigenvalue weighted by atomic mass is 10.1. The quantitative estimate of drug-likeness (QED) is 0.723. The van der Waals surface area contributed by atoms with E-state index in [0.29, 0.717) is 16.7 Å². The molecule has 144 valence electrons. The zero-order valence-electron chi connectivity index (χ0n) is 14.5. The number of hydrogen-bond donors (Lipinski definition) is 1. The molecule has 3 nitrogen and oxygen atoms in total. The van der Waals surface area contributed by atoms with Crippen LogP contribution in [0, 0.1) is 0 Å². The number of anilines is 1. The summed E-state index contributed by atoms with van der Waals surface area (Å²) in [7, 11) is 0. The van der Waals surface area contributed by atoms with Crippen LogP contribution in [-0.4, -0.2) is 41.1 Å². The Bertz CT molecular complexity index is 788. The molecule has 0 atom stereocenters. The number of rotatable bonds is 3. The molecule has 0 radical (unpaired) electrons. The van der Waals surface area contributed by atoms with Crippen molar-refractivity contribution >= 4 is 34.6 Å². The number of alkyl halides is 3. The van der Waals surface area contributed by atoms with E-state index in [2.05, 4.69) is 15.1 Å². The number of hydrogen-bond acceptors (Lipinski definition) is 2. The Morgan fingerprint density at radius 1 is 1.04 bits per heavy atom. The molecule has 1 aliphatic rings. The van der Waals surface area contributed by atoms with Crippen LogP contribution in [0.1, 0.15) is 11.1 Å². The number of nitrogens with zero attached hydrogens (tertiary/aromatic N) is 2. The highest BCUT2D eigenvalue weighted by atomic mass is 35.5. The van der Waals surface area contributed by atoms with Crippen LogP contribution in [0.5, 0.6) is 0 Å². The molecule has 1 saturated heterocycles. The first-order valence-corrected chi connectivity index (χ1v) is 9.30. The van der Waals surface area contributed by atoms with Gasteiger partial charge in [-0.15, -0.1) is 0 Å². The minimum atomic E-state index is -4.30. The van der Waals surface area contributed by atoms with E-state index in [1.54, 1.807) is 18.2 Å². The van der Waals surface area contributed by atoms with Crippen LogP contribution in [0.2, 0.25) is 5.02 Å². The second kappa shape index (κ2) is 8.46. The Morgan fingerprint density at radius 3 is 2.30 bits per heavy atom. The van der Waals surface area contributed by atoms with Gasteiger partial charge in [0.2, 0.25) is 0 Å². The van der Waals surface area contributed by atoms with Gasteiger partial charge in [-0.1, -0.05) is 29.8 Å². The average molecular weight is 414 g/mol. The van der Waals surface area contributed by atoms with Crippen LogP contribution in [0.25, 0.3) is 0 Å². The molecular weight excluding hydrogens is 395 g/mol. The van der Waals surface area contributed by atoms with Gasteiger partial charge in [0.05, 0.1) is 5.56 Å². The Morgan fingerprint density at radius 2 is 1.70 bits per heavy atom. The molecule has 0 amide bonds.